The van der Waals surface area contributed by atoms with E-state index in [-0.39, 0.29) is 11.3 Å². The van der Waals surface area contributed by atoms with Gasteiger partial charge in [-0.15, -0.1) is 0 Å². The van der Waals surface area contributed by atoms with Gasteiger partial charge >= 0.3 is 6.18 Å². The van der Waals surface area contributed by atoms with Gasteiger partial charge in [-0.05, 0) is 54.5 Å². The summed E-state index contributed by atoms with van der Waals surface area (Å²) in [6.07, 6.45) is -3.15. The van der Waals surface area contributed by atoms with Gasteiger partial charge in [0.15, 0.2) is 0 Å². The molecule has 0 fully saturated rings. The number of amides is 1. The number of aryl methyl sites for hydroxylation is 1. The van der Waals surface area contributed by atoms with Gasteiger partial charge in [-0.2, -0.15) is 18.4 Å². The van der Waals surface area contributed by atoms with Crippen molar-refractivity contribution in [3.8, 4) is 11.8 Å². The Balaban J connectivity index is 2.26. The molecule has 2 aromatic rings. The predicted octanol–water partition coefficient (Wildman–Crippen LogP) is 4.57. The molecule has 0 aliphatic heterocycles. The molecule has 0 saturated carbocycles. The highest BCUT2D eigenvalue weighted by Gasteiger charge is 2.30. The number of nitrogens with one attached hydrogen (secondary N) is 1. The molecule has 1 N–H and O–H groups in total. The topological polar surface area (TPSA) is 62.1 Å². The average Bonchev–Trinajstić information content (AvgIpc) is 2.60. The van der Waals surface area contributed by atoms with Crippen LogP contribution in [0.5, 0.6) is 5.75 Å². The third kappa shape index (κ3) is 4.63. The van der Waals surface area contributed by atoms with E-state index in [2.05, 4.69) is 5.32 Å². The number of ether oxygens (including phenoxy) is 1. The Hall–Kier alpha value is -3.27. The van der Waals surface area contributed by atoms with Gasteiger partial charge in [-0.3, -0.25) is 4.79 Å². The van der Waals surface area contributed by atoms with Crippen molar-refractivity contribution >= 4 is 17.7 Å². The summed E-state index contributed by atoms with van der Waals surface area (Å²) in [4.78, 5) is 12.2. The van der Waals surface area contributed by atoms with E-state index in [0.29, 0.717) is 11.3 Å². The number of nitriles is 1. The first-order chi connectivity index (χ1) is 12.2. The minimum atomic E-state index is -4.52. The average molecular weight is 360 g/mol. The van der Waals surface area contributed by atoms with Crippen molar-refractivity contribution < 1.29 is 22.7 Å². The zero-order valence-corrected chi connectivity index (χ0v) is 14.0. The summed E-state index contributed by atoms with van der Waals surface area (Å²) in [5.41, 5.74) is 0.252. The lowest BCUT2D eigenvalue weighted by atomic mass is 10.1. The minimum Gasteiger partial charge on any atom is -0.497 e. The molecule has 0 atom stereocenters. The van der Waals surface area contributed by atoms with Crippen molar-refractivity contribution in [3.63, 3.8) is 0 Å². The van der Waals surface area contributed by atoms with Crippen molar-refractivity contribution in [3.05, 3.63) is 64.7 Å². The molecule has 7 heteroatoms. The minimum absolute atomic E-state index is 0.0440. The maximum Gasteiger partial charge on any atom is 0.416 e. The van der Waals surface area contributed by atoms with Crippen LogP contribution in [-0.4, -0.2) is 13.0 Å². The molecule has 2 rings (SSSR count). The lowest BCUT2D eigenvalue weighted by molar-refractivity contribution is -0.137. The fourth-order valence-electron chi connectivity index (χ4n) is 2.21. The second-order valence-corrected chi connectivity index (χ2v) is 5.43. The molecule has 4 nitrogen and oxygen atoms in total. The van der Waals surface area contributed by atoms with Crippen molar-refractivity contribution in [2.45, 2.75) is 13.1 Å². The van der Waals surface area contributed by atoms with E-state index in [0.717, 1.165) is 17.7 Å². The monoisotopic (exact) mass is 360 g/mol. The first-order valence-electron chi connectivity index (χ1n) is 7.49. The molecule has 0 spiro atoms. The Morgan fingerprint density at radius 2 is 1.96 bits per heavy atom. The third-order valence-corrected chi connectivity index (χ3v) is 3.59. The molecule has 0 aromatic heterocycles. The van der Waals surface area contributed by atoms with E-state index in [9.17, 15) is 23.2 Å². The maximum atomic E-state index is 12.7. The Kier molecular flexibility index (Phi) is 5.68. The van der Waals surface area contributed by atoms with Gasteiger partial charge in [0.1, 0.15) is 17.4 Å². The van der Waals surface area contributed by atoms with Gasteiger partial charge in [0.05, 0.1) is 12.7 Å². The van der Waals surface area contributed by atoms with Crippen molar-refractivity contribution in [1.82, 2.24) is 0 Å². The van der Waals surface area contributed by atoms with Crippen molar-refractivity contribution in [2.75, 3.05) is 12.4 Å². The number of alkyl halides is 3. The maximum absolute atomic E-state index is 12.7. The van der Waals surface area contributed by atoms with E-state index in [1.807, 2.05) is 0 Å². The molecule has 26 heavy (non-hydrogen) atoms. The van der Waals surface area contributed by atoms with E-state index in [1.54, 1.807) is 31.2 Å². The van der Waals surface area contributed by atoms with Crippen LogP contribution in [0.1, 0.15) is 16.7 Å². The molecule has 0 heterocycles. The molecular formula is C19H15F3N2O2. The van der Waals surface area contributed by atoms with Crippen LogP contribution < -0.4 is 10.1 Å². The Morgan fingerprint density at radius 1 is 1.23 bits per heavy atom. The molecule has 1 amide bonds. The van der Waals surface area contributed by atoms with Gasteiger partial charge < -0.3 is 10.1 Å². The van der Waals surface area contributed by atoms with Crippen molar-refractivity contribution in [1.29, 1.82) is 5.26 Å². The van der Waals surface area contributed by atoms with Crippen LogP contribution in [0, 0.1) is 18.3 Å². The number of methoxy groups -OCH3 is 1. The van der Waals surface area contributed by atoms with Crippen LogP contribution in [0.2, 0.25) is 0 Å². The summed E-state index contributed by atoms with van der Waals surface area (Å²) < 4.78 is 43.3. The fraction of sp³-hybridized carbons (Fsp3) is 0.158. The van der Waals surface area contributed by atoms with Crippen LogP contribution in [0.25, 0.3) is 6.08 Å². The normalized spacial score (nSPS) is 11.6. The first-order valence-corrected chi connectivity index (χ1v) is 7.49. The number of rotatable bonds is 4. The number of nitrogens with zero attached hydrogens (tertiary/aromatic N) is 1. The third-order valence-electron chi connectivity index (χ3n) is 3.59. The second-order valence-electron chi connectivity index (χ2n) is 5.43. The number of hydrogen-bond acceptors (Lipinski definition) is 3. The molecule has 0 radical (unpaired) electrons. The zero-order valence-electron chi connectivity index (χ0n) is 14.0. The van der Waals surface area contributed by atoms with Gasteiger partial charge in [0, 0.05) is 5.69 Å². The number of hydrogen-bond donors (Lipinski definition) is 1. The zero-order chi connectivity index (χ0) is 19.3. The summed E-state index contributed by atoms with van der Waals surface area (Å²) in [5.74, 6) is -0.159. The lowest BCUT2D eigenvalue weighted by Crippen LogP contribution is -2.14. The summed E-state index contributed by atoms with van der Waals surface area (Å²) in [6, 6.07) is 11.1. The second kappa shape index (κ2) is 7.74. The molecule has 2 aromatic carbocycles. The van der Waals surface area contributed by atoms with E-state index >= 15 is 0 Å². The summed E-state index contributed by atoms with van der Waals surface area (Å²) in [6.45, 7) is 1.79. The molecule has 134 valence electrons. The highest BCUT2D eigenvalue weighted by Crippen LogP contribution is 2.30. The molecular weight excluding hydrogens is 345 g/mol. The van der Waals surface area contributed by atoms with E-state index in [4.69, 9.17) is 4.74 Å². The van der Waals surface area contributed by atoms with Crippen LogP contribution in [0.15, 0.2) is 48.0 Å². The first kappa shape index (κ1) is 19.1. The van der Waals surface area contributed by atoms with E-state index < -0.39 is 17.6 Å². The molecule has 0 aliphatic carbocycles. The number of carbonyl (C=O) groups excluding carboxylic acids is 1. The SMILES string of the molecule is COc1ccc(/C=C(/C#N)C(=O)Nc2cccc(C(F)(F)F)c2)c(C)c1. The van der Waals surface area contributed by atoms with Crippen LogP contribution in [0.4, 0.5) is 18.9 Å². The van der Waals surface area contributed by atoms with Gasteiger partial charge in [0.2, 0.25) is 0 Å². The largest absolute Gasteiger partial charge is 0.497 e. The fourth-order valence-corrected chi connectivity index (χ4v) is 2.21. The number of halogens is 3. The number of carbonyl (C=O) groups is 1. The van der Waals surface area contributed by atoms with Crippen LogP contribution in [-0.2, 0) is 11.0 Å². The highest BCUT2D eigenvalue weighted by molar-refractivity contribution is 6.09. The number of benzene rings is 2. The summed E-state index contributed by atoms with van der Waals surface area (Å²) >= 11 is 0. The number of anilines is 1. The van der Waals surface area contributed by atoms with Gasteiger partial charge in [0.25, 0.3) is 5.91 Å². The quantitative estimate of drug-likeness (QED) is 0.642. The van der Waals surface area contributed by atoms with Crippen molar-refractivity contribution in [2.24, 2.45) is 0 Å². The van der Waals surface area contributed by atoms with Gasteiger partial charge in [-0.25, -0.2) is 0 Å². The smallest absolute Gasteiger partial charge is 0.416 e. The molecule has 0 saturated heterocycles. The Bertz CT molecular complexity index is 896. The van der Waals surface area contributed by atoms with E-state index in [1.165, 1.54) is 25.3 Å². The van der Waals surface area contributed by atoms with Crippen LogP contribution >= 0.6 is 0 Å². The van der Waals surface area contributed by atoms with Crippen LogP contribution in [0.3, 0.4) is 0 Å². The van der Waals surface area contributed by atoms with Gasteiger partial charge in [-0.1, -0.05) is 12.1 Å². The molecule has 0 aliphatic rings. The Morgan fingerprint density at radius 3 is 2.54 bits per heavy atom. The summed E-state index contributed by atoms with van der Waals surface area (Å²) in [7, 11) is 1.52. The highest BCUT2D eigenvalue weighted by atomic mass is 19.4. The standard InChI is InChI=1S/C19H15F3N2O2/c1-12-8-17(26-2)7-6-13(12)9-14(11-23)18(25)24-16-5-3-4-15(10-16)19(20,21)22/h3-10H,1-2H3,(H,24,25)/b14-9-. The molecule has 0 unspecified atom stereocenters. The predicted molar refractivity (Wildman–Crippen MR) is 91.4 cm³/mol. The molecule has 0 bridgehead atoms. The lowest BCUT2D eigenvalue weighted by Gasteiger charge is -2.10. The Labute approximate surface area is 148 Å². The summed E-state index contributed by atoms with van der Waals surface area (Å²) in [5, 5.41) is 11.5.